The van der Waals surface area contributed by atoms with E-state index in [1.807, 2.05) is 13.0 Å². The molecule has 4 heteroatoms. The standard InChI is InChI=1S/C11H12F2N2/c1-8(5-6-14)15(2)11-4-3-9(12)7-10(11)13/h3-4,7-8H,5H2,1-2H3. The summed E-state index contributed by atoms with van der Waals surface area (Å²) >= 11 is 0. The Balaban J connectivity index is 2.91. The van der Waals surface area contributed by atoms with Crippen LogP contribution in [0.1, 0.15) is 13.3 Å². The minimum absolute atomic E-state index is 0.102. The number of hydrogen-bond acceptors (Lipinski definition) is 2. The van der Waals surface area contributed by atoms with Gasteiger partial charge >= 0.3 is 0 Å². The molecule has 0 aromatic heterocycles. The van der Waals surface area contributed by atoms with Crippen molar-refractivity contribution in [2.24, 2.45) is 0 Å². The van der Waals surface area contributed by atoms with Crippen molar-refractivity contribution in [3.8, 4) is 6.07 Å². The van der Waals surface area contributed by atoms with E-state index in [-0.39, 0.29) is 6.04 Å². The minimum atomic E-state index is -0.609. The van der Waals surface area contributed by atoms with Crippen LogP contribution >= 0.6 is 0 Å². The van der Waals surface area contributed by atoms with Gasteiger partial charge in [-0.3, -0.25) is 0 Å². The largest absolute Gasteiger partial charge is 0.368 e. The Hall–Kier alpha value is -1.63. The highest BCUT2D eigenvalue weighted by atomic mass is 19.1. The fourth-order valence-electron chi connectivity index (χ4n) is 1.27. The number of hydrogen-bond donors (Lipinski definition) is 0. The highest BCUT2D eigenvalue weighted by molar-refractivity contribution is 5.48. The molecule has 80 valence electrons. The molecule has 1 unspecified atom stereocenters. The first-order valence-corrected chi connectivity index (χ1v) is 4.61. The van der Waals surface area contributed by atoms with E-state index in [1.54, 1.807) is 11.9 Å². The molecule has 0 saturated carbocycles. The van der Waals surface area contributed by atoms with Gasteiger partial charge in [-0.25, -0.2) is 8.78 Å². The van der Waals surface area contributed by atoms with E-state index in [0.717, 1.165) is 6.07 Å². The third kappa shape index (κ3) is 2.66. The van der Waals surface area contributed by atoms with Crippen molar-refractivity contribution in [3.63, 3.8) is 0 Å². The average molecular weight is 210 g/mol. The molecule has 0 spiro atoms. The van der Waals surface area contributed by atoms with E-state index in [0.29, 0.717) is 12.1 Å². The fourth-order valence-corrected chi connectivity index (χ4v) is 1.27. The van der Waals surface area contributed by atoms with Crippen molar-refractivity contribution in [1.82, 2.24) is 0 Å². The van der Waals surface area contributed by atoms with Gasteiger partial charge in [-0.05, 0) is 19.1 Å². The Morgan fingerprint density at radius 2 is 2.13 bits per heavy atom. The van der Waals surface area contributed by atoms with Gasteiger partial charge in [0.25, 0.3) is 0 Å². The number of benzene rings is 1. The first-order chi connectivity index (χ1) is 7.06. The van der Waals surface area contributed by atoms with Crippen molar-refractivity contribution >= 4 is 5.69 Å². The van der Waals surface area contributed by atoms with Crippen LogP contribution in [0, 0.1) is 23.0 Å². The van der Waals surface area contributed by atoms with Crippen LogP contribution in [-0.2, 0) is 0 Å². The normalized spacial score (nSPS) is 11.9. The van der Waals surface area contributed by atoms with E-state index in [1.165, 1.54) is 12.1 Å². The van der Waals surface area contributed by atoms with Crippen LogP contribution in [0.4, 0.5) is 14.5 Å². The molecule has 1 atom stereocenters. The molecule has 0 aliphatic heterocycles. The van der Waals surface area contributed by atoms with Gasteiger partial charge in [-0.1, -0.05) is 0 Å². The third-order valence-electron chi connectivity index (χ3n) is 2.34. The average Bonchev–Trinajstić information content (AvgIpc) is 2.17. The molecule has 0 bridgehead atoms. The second-order valence-electron chi connectivity index (χ2n) is 3.42. The Morgan fingerprint density at radius 3 is 2.67 bits per heavy atom. The van der Waals surface area contributed by atoms with Crippen LogP contribution < -0.4 is 4.90 Å². The molecule has 0 fully saturated rings. The lowest BCUT2D eigenvalue weighted by Crippen LogP contribution is -2.29. The highest BCUT2D eigenvalue weighted by Crippen LogP contribution is 2.21. The zero-order valence-electron chi connectivity index (χ0n) is 8.67. The lowest BCUT2D eigenvalue weighted by Gasteiger charge is -2.25. The van der Waals surface area contributed by atoms with Gasteiger partial charge in [0, 0.05) is 19.2 Å². The maximum Gasteiger partial charge on any atom is 0.149 e. The molecule has 0 heterocycles. The summed E-state index contributed by atoms with van der Waals surface area (Å²) in [4.78, 5) is 1.62. The summed E-state index contributed by atoms with van der Waals surface area (Å²) < 4.78 is 26.0. The van der Waals surface area contributed by atoms with Crippen LogP contribution in [-0.4, -0.2) is 13.1 Å². The molecule has 0 aliphatic carbocycles. The summed E-state index contributed by atoms with van der Waals surface area (Å²) in [5.41, 5.74) is 0.305. The lowest BCUT2D eigenvalue weighted by molar-refractivity contribution is 0.574. The lowest BCUT2D eigenvalue weighted by atomic mass is 10.2. The van der Waals surface area contributed by atoms with Gasteiger partial charge in [0.05, 0.1) is 18.2 Å². The van der Waals surface area contributed by atoms with Crippen molar-refractivity contribution < 1.29 is 8.78 Å². The highest BCUT2D eigenvalue weighted by Gasteiger charge is 2.13. The monoisotopic (exact) mass is 210 g/mol. The van der Waals surface area contributed by atoms with Gasteiger partial charge in [0.1, 0.15) is 11.6 Å². The third-order valence-corrected chi connectivity index (χ3v) is 2.34. The number of nitriles is 1. The number of anilines is 1. The molecule has 0 saturated heterocycles. The first-order valence-electron chi connectivity index (χ1n) is 4.61. The van der Waals surface area contributed by atoms with Gasteiger partial charge in [-0.15, -0.1) is 0 Å². The Kier molecular flexibility index (Phi) is 3.62. The van der Waals surface area contributed by atoms with E-state index in [9.17, 15) is 8.78 Å². The first kappa shape index (κ1) is 11.4. The molecule has 0 aliphatic rings. The van der Waals surface area contributed by atoms with Crippen LogP contribution in [0.2, 0.25) is 0 Å². The van der Waals surface area contributed by atoms with Crippen molar-refractivity contribution in [3.05, 3.63) is 29.8 Å². The number of rotatable bonds is 3. The van der Waals surface area contributed by atoms with E-state index < -0.39 is 11.6 Å². The van der Waals surface area contributed by atoms with Crippen LogP contribution in [0.3, 0.4) is 0 Å². The van der Waals surface area contributed by atoms with Gasteiger partial charge in [0.15, 0.2) is 0 Å². The summed E-state index contributed by atoms with van der Waals surface area (Å²) in [6.45, 7) is 1.81. The van der Waals surface area contributed by atoms with Crippen molar-refractivity contribution in [2.45, 2.75) is 19.4 Å². The van der Waals surface area contributed by atoms with E-state index in [4.69, 9.17) is 5.26 Å². The minimum Gasteiger partial charge on any atom is -0.368 e. The van der Waals surface area contributed by atoms with Crippen LogP contribution in [0.5, 0.6) is 0 Å². The SMILES string of the molecule is CC(CC#N)N(C)c1ccc(F)cc1F. The zero-order valence-corrected chi connectivity index (χ0v) is 8.67. The molecule has 2 nitrogen and oxygen atoms in total. The summed E-state index contributed by atoms with van der Waals surface area (Å²) in [7, 11) is 1.68. The molecule has 0 N–H and O–H groups in total. The Bertz CT molecular complexity index is 385. The molecular weight excluding hydrogens is 198 g/mol. The van der Waals surface area contributed by atoms with Gasteiger partial charge < -0.3 is 4.90 Å². The Labute approximate surface area is 87.7 Å². The van der Waals surface area contributed by atoms with Crippen molar-refractivity contribution in [2.75, 3.05) is 11.9 Å². The van der Waals surface area contributed by atoms with Crippen LogP contribution in [0.15, 0.2) is 18.2 Å². The second-order valence-corrected chi connectivity index (χ2v) is 3.42. The Morgan fingerprint density at radius 1 is 1.47 bits per heavy atom. The second kappa shape index (κ2) is 4.74. The summed E-state index contributed by atoms with van der Waals surface area (Å²) in [6, 6.07) is 5.32. The zero-order chi connectivity index (χ0) is 11.4. The quantitative estimate of drug-likeness (QED) is 0.767. The van der Waals surface area contributed by atoms with Crippen molar-refractivity contribution in [1.29, 1.82) is 5.26 Å². The predicted molar refractivity (Wildman–Crippen MR) is 54.5 cm³/mol. The molecular formula is C11H12F2N2. The van der Waals surface area contributed by atoms with E-state index in [2.05, 4.69) is 0 Å². The predicted octanol–water partition coefficient (Wildman–Crippen LogP) is 2.70. The smallest absolute Gasteiger partial charge is 0.149 e. The summed E-state index contributed by atoms with van der Waals surface area (Å²) in [5.74, 6) is -1.21. The molecule has 15 heavy (non-hydrogen) atoms. The molecule has 0 amide bonds. The van der Waals surface area contributed by atoms with E-state index >= 15 is 0 Å². The van der Waals surface area contributed by atoms with Gasteiger partial charge in [0.2, 0.25) is 0 Å². The maximum absolute atomic E-state index is 13.3. The maximum atomic E-state index is 13.3. The topological polar surface area (TPSA) is 27.0 Å². The summed E-state index contributed by atoms with van der Waals surface area (Å²) in [5, 5.41) is 8.52. The molecule has 1 aromatic rings. The summed E-state index contributed by atoms with van der Waals surface area (Å²) in [6.07, 6.45) is 0.299. The van der Waals surface area contributed by atoms with Gasteiger partial charge in [-0.2, -0.15) is 5.26 Å². The molecule has 0 radical (unpaired) electrons. The number of nitrogens with zero attached hydrogens (tertiary/aromatic N) is 2. The number of halogens is 2. The fraction of sp³-hybridized carbons (Fsp3) is 0.364. The molecule has 1 rings (SSSR count). The van der Waals surface area contributed by atoms with Crippen LogP contribution in [0.25, 0.3) is 0 Å². The molecule has 1 aromatic carbocycles.